The van der Waals surface area contributed by atoms with E-state index in [9.17, 15) is 0 Å². The topological polar surface area (TPSA) is 54.9 Å². The van der Waals surface area contributed by atoms with Crippen molar-refractivity contribution >= 4 is 41.7 Å². The summed E-state index contributed by atoms with van der Waals surface area (Å²) in [4.78, 5) is 4.76. The molecule has 2 saturated heterocycles. The van der Waals surface area contributed by atoms with Crippen LogP contribution in [0.2, 0.25) is 0 Å². The van der Waals surface area contributed by atoms with Crippen LogP contribution in [0.4, 0.5) is 0 Å². The maximum Gasteiger partial charge on any atom is 0.191 e. The molecule has 2 aliphatic rings. The molecule has 158 valence electrons. The van der Waals surface area contributed by atoms with Crippen molar-refractivity contribution in [3.63, 3.8) is 0 Å². The van der Waals surface area contributed by atoms with Crippen LogP contribution in [0, 0.1) is 0 Å². The highest BCUT2D eigenvalue weighted by molar-refractivity contribution is 14.0. The van der Waals surface area contributed by atoms with Gasteiger partial charge >= 0.3 is 0 Å². The number of guanidine groups is 1. The van der Waals surface area contributed by atoms with Crippen molar-refractivity contribution in [1.29, 1.82) is 0 Å². The van der Waals surface area contributed by atoms with E-state index in [0.29, 0.717) is 19.3 Å². The lowest BCUT2D eigenvalue weighted by Gasteiger charge is -2.22. The Morgan fingerprint density at radius 1 is 1.21 bits per heavy atom. The van der Waals surface area contributed by atoms with Crippen LogP contribution in [-0.4, -0.2) is 49.4 Å². The molecular formula is C21H34IN3O2S. The van der Waals surface area contributed by atoms with Gasteiger partial charge in [-0.05, 0) is 49.5 Å². The van der Waals surface area contributed by atoms with Crippen molar-refractivity contribution in [1.82, 2.24) is 10.6 Å². The van der Waals surface area contributed by atoms with Crippen LogP contribution in [0.5, 0.6) is 0 Å². The van der Waals surface area contributed by atoms with Gasteiger partial charge in [0.05, 0.1) is 19.3 Å². The van der Waals surface area contributed by atoms with Crippen molar-refractivity contribution in [2.24, 2.45) is 4.99 Å². The van der Waals surface area contributed by atoms with Crippen LogP contribution in [0.25, 0.3) is 0 Å². The first-order valence-corrected chi connectivity index (χ1v) is 11.3. The SMILES string of the molecule is CCNC(=NCc1cccc(COC2CCOCC2)c1)NCC1CCCS1.I. The smallest absolute Gasteiger partial charge is 0.191 e. The first-order valence-electron chi connectivity index (χ1n) is 10.2. The Kier molecular flexibility index (Phi) is 11.6. The minimum Gasteiger partial charge on any atom is -0.381 e. The Labute approximate surface area is 190 Å². The van der Waals surface area contributed by atoms with Gasteiger partial charge in [0, 0.05) is 31.6 Å². The molecule has 28 heavy (non-hydrogen) atoms. The van der Waals surface area contributed by atoms with Gasteiger partial charge in [-0.2, -0.15) is 11.8 Å². The van der Waals surface area contributed by atoms with Gasteiger partial charge in [0.15, 0.2) is 5.96 Å². The normalized spacial score (nSPS) is 20.6. The van der Waals surface area contributed by atoms with Gasteiger partial charge in [0.1, 0.15) is 0 Å². The molecule has 0 aliphatic carbocycles. The molecule has 0 amide bonds. The maximum atomic E-state index is 6.04. The second kappa shape index (κ2) is 13.7. The summed E-state index contributed by atoms with van der Waals surface area (Å²) in [6.45, 7) is 6.96. The summed E-state index contributed by atoms with van der Waals surface area (Å²) in [5.41, 5.74) is 2.44. The zero-order chi connectivity index (χ0) is 18.7. The van der Waals surface area contributed by atoms with E-state index in [0.717, 1.165) is 50.4 Å². The molecule has 2 aliphatic heterocycles. The number of hydrogen-bond acceptors (Lipinski definition) is 4. The largest absolute Gasteiger partial charge is 0.381 e. The second-order valence-electron chi connectivity index (χ2n) is 7.15. The second-order valence-corrected chi connectivity index (χ2v) is 8.56. The summed E-state index contributed by atoms with van der Waals surface area (Å²) >= 11 is 2.07. The van der Waals surface area contributed by atoms with Crippen molar-refractivity contribution < 1.29 is 9.47 Å². The Morgan fingerprint density at radius 3 is 2.79 bits per heavy atom. The van der Waals surface area contributed by atoms with Gasteiger partial charge in [0.25, 0.3) is 0 Å². The van der Waals surface area contributed by atoms with E-state index in [4.69, 9.17) is 14.5 Å². The van der Waals surface area contributed by atoms with E-state index < -0.39 is 0 Å². The van der Waals surface area contributed by atoms with Crippen LogP contribution in [-0.2, 0) is 22.6 Å². The Balaban J connectivity index is 0.00000280. The number of nitrogens with zero attached hydrogens (tertiary/aromatic N) is 1. The Morgan fingerprint density at radius 2 is 2.04 bits per heavy atom. The van der Waals surface area contributed by atoms with E-state index in [1.54, 1.807) is 0 Å². The molecule has 0 radical (unpaired) electrons. The van der Waals surface area contributed by atoms with E-state index in [1.807, 2.05) is 0 Å². The molecule has 0 saturated carbocycles. The van der Waals surface area contributed by atoms with E-state index in [1.165, 1.54) is 29.7 Å². The lowest BCUT2D eigenvalue weighted by atomic mass is 10.1. The van der Waals surface area contributed by atoms with Crippen LogP contribution in [0.1, 0.15) is 43.7 Å². The molecule has 2 fully saturated rings. The summed E-state index contributed by atoms with van der Waals surface area (Å²) in [6.07, 6.45) is 4.99. The van der Waals surface area contributed by atoms with E-state index >= 15 is 0 Å². The van der Waals surface area contributed by atoms with Crippen molar-refractivity contribution in [3.8, 4) is 0 Å². The fourth-order valence-electron chi connectivity index (χ4n) is 3.40. The van der Waals surface area contributed by atoms with Gasteiger partial charge in [-0.3, -0.25) is 0 Å². The number of hydrogen-bond donors (Lipinski definition) is 2. The van der Waals surface area contributed by atoms with Crippen LogP contribution in [0.3, 0.4) is 0 Å². The Bertz CT molecular complexity index is 591. The predicted octanol–water partition coefficient (Wildman–Crippen LogP) is 3.95. The molecule has 0 aromatic heterocycles. The number of ether oxygens (including phenoxy) is 2. The van der Waals surface area contributed by atoms with Crippen molar-refractivity contribution in [2.75, 3.05) is 32.1 Å². The predicted molar refractivity (Wildman–Crippen MR) is 129 cm³/mol. The fourth-order valence-corrected chi connectivity index (χ4v) is 4.60. The quantitative estimate of drug-likeness (QED) is 0.310. The molecule has 2 N–H and O–H groups in total. The van der Waals surface area contributed by atoms with Crippen molar-refractivity contribution in [2.45, 2.75) is 57.1 Å². The minimum absolute atomic E-state index is 0. The Hall–Kier alpha value is -0.510. The number of aliphatic imine (C=N–C) groups is 1. The number of benzene rings is 1. The lowest BCUT2D eigenvalue weighted by Crippen LogP contribution is -2.40. The average molecular weight is 519 g/mol. The highest BCUT2D eigenvalue weighted by Crippen LogP contribution is 2.25. The van der Waals surface area contributed by atoms with Crippen LogP contribution >= 0.6 is 35.7 Å². The lowest BCUT2D eigenvalue weighted by molar-refractivity contribution is -0.0390. The minimum atomic E-state index is 0. The highest BCUT2D eigenvalue weighted by atomic mass is 127. The molecular weight excluding hydrogens is 485 g/mol. The molecule has 1 aromatic carbocycles. The third-order valence-electron chi connectivity index (χ3n) is 4.93. The summed E-state index contributed by atoms with van der Waals surface area (Å²) in [7, 11) is 0. The standard InChI is InChI=1S/C21H33N3O2S.HI/c1-2-22-21(24-15-20-7-4-12-27-20)23-14-17-5-3-6-18(13-17)16-26-19-8-10-25-11-9-19;/h3,5-6,13,19-20H,2,4,7-12,14-16H2,1H3,(H2,22,23,24);1H. The summed E-state index contributed by atoms with van der Waals surface area (Å²) in [5, 5.41) is 7.57. The molecule has 3 rings (SSSR count). The van der Waals surface area contributed by atoms with Gasteiger partial charge in [-0.15, -0.1) is 24.0 Å². The summed E-state index contributed by atoms with van der Waals surface area (Å²) in [6, 6.07) is 8.58. The number of nitrogens with one attached hydrogen (secondary N) is 2. The fraction of sp³-hybridized carbons (Fsp3) is 0.667. The summed E-state index contributed by atoms with van der Waals surface area (Å²) in [5.74, 6) is 2.21. The van der Waals surface area contributed by atoms with Crippen LogP contribution in [0.15, 0.2) is 29.3 Å². The zero-order valence-corrected chi connectivity index (χ0v) is 20.0. The number of rotatable bonds is 8. The van der Waals surface area contributed by atoms with Crippen molar-refractivity contribution in [3.05, 3.63) is 35.4 Å². The monoisotopic (exact) mass is 519 g/mol. The third kappa shape index (κ3) is 8.47. The molecule has 1 unspecified atom stereocenters. The van der Waals surface area contributed by atoms with Gasteiger partial charge in [-0.25, -0.2) is 4.99 Å². The molecule has 1 atom stereocenters. The maximum absolute atomic E-state index is 6.04. The summed E-state index contributed by atoms with van der Waals surface area (Å²) < 4.78 is 11.4. The zero-order valence-electron chi connectivity index (χ0n) is 16.8. The van der Waals surface area contributed by atoms with Gasteiger partial charge in [-0.1, -0.05) is 24.3 Å². The van der Waals surface area contributed by atoms with Gasteiger partial charge in [0.2, 0.25) is 0 Å². The molecule has 1 aromatic rings. The number of halogens is 1. The highest BCUT2D eigenvalue weighted by Gasteiger charge is 2.16. The third-order valence-corrected chi connectivity index (χ3v) is 6.33. The average Bonchev–Trinajstić information content (AvgIpc) is 3.23. The molecule has 0 spiro atoms. The molecule has 5 nitrogen and oxygen atoms in total. The first-order chi connectivity index (χ1) is 13.3. The van der Waals surface area contributed by atoms with Gasteiger partial charge < -0.3 is 20.1 Å². The van der Waals surface area contributed by atoms with E-state index in [-0.39, 0.29) is 24.0 Å². The first kappa shape index (κ1) is 23.8. The molecule has 7 heteroatoms. The van der Waals surface area contributed by atoms with Crippen LogP contribution < -0.4 is 10.6 Å². The molecule has 0 bridgehead atoms. The van der Waals surface area contributed by atoms with E-state index in [2.05, 4.69) is 53.6 Å². The molecule has 2 heterocycles. The number of thioether (sulfide) groups is 1.